The third-order valence-corrected chi connectivity index (χ3v) is 3.57. The van der Waals surface area contributed by atoms with Gasteiger partial charge < -0.3 is 14.7 Å². The number of carboxylic acid groups (broad SMARTS) is 1. The van der Waals surface area contributed by atoms with E-state index in [4.69, 9.17) is 9.84 Å². The number of rotatable bonds is 6. The van der Waals surface area contributed by atoms with Gasteiger partial charge in [0.1, 0.15) is 5.75 Å². The van der Waals surface area contributed by atoms with Crippen molar-refractivity contribution in [1.82, 2.24) is 4.90 Å². The van der Waals surface area contributed by atoms with Crippen LogP contribution >= 0.6 is 12.4 Å². The second-order valence-corrected chi connectivity index (χ2v) is 4.97. The van der Waals surface area contributed by atoms with Crippen LogP contribution in [0.3, 0.4) is 0 Å². The minimum atomic E-state index is -0.646. The van der Waals surface area contributed by atoms with Crippen molar-refractivity contribution in [3.63, 3.8) is 0 Å². The molecule has 0 aliphatic carbocycles. The molecule has 0 amide bonds. The Morgan fingerprint density at radius 3 is 2.50 bits per heavy atom. The highest BCUT2D eigenvalue weighted by molar-refractivity contribution is 5.85. The zero-order valence-corrected chi connectivity index (χ0v) is 12.3. The Bertz CT molecular complexity index is 391. The van der Waals surface area contributed by atoms with Crippen molar-refractivity contribution in [2.24, 2.45) is 5.92 Å². The lowest BCUT2D eigenvalue weighted by molar-refractivity contribution is -0.143. The summed E-state index contributed by atoms with van der Waals surface area (Å²) < 4.78 is 5.64. The standard InChI is InChI=1S/C15H21NO3.ClH/c17-15(18)13-7-10-16(11-8-13)9-4-12-19-14-5-2-1-3-6-14;/h1-3,5-6,13H,4,7-12H2,(H,17,18);1H. The number of piperidine rings is 1. The molecule has 0 aromatic heterocycles. The molecule has 1 saturated heterocycles. The third kappa shape index (κ3) is 5.39. The molecule has 0 saturated carbocycles. The summed E-state index contributed by atoms with van der Waals surface area (Å²) in [5, 5.41) is 8.93. The van der Waals surface area contributed by atoms with E-state index >= 15 is 0 Å². The second kappa shape index (κ2) is 8.82. The monoisotopic (exact) mass is 299 g/mol. The molecule has 1 aliphatic heterocycles. The van der Waals surface area contributed by atoms with Crippen LogP contribution in [0.2, 0.25) is 0 Å². The first-order chi connectivity index (χ1) is 9.25. The lowest BCUT2D eigenvalue weighted by atomic mass is 9.97. The highest BCUT2D eigenvalue weighted by atomic mass is 35.5. The largest absolute Gasteiger partial charge is 0.494 e. The van der Waals surface area contributed by atoms with Crippen molar-refractivity contribution >= 4 is 18.4 Å². The third-order valence-electron chi connectivity index (χ3n) is 3.57. The van der Waals surface area contributed by atoms with Gasteiger partial charge in [0.2, 0.25) is 0 Å². The molecule has 1 heterocycles. The van der Waals surface area contributed by atoms with Gasteiger partial charge in [0, 0.05) is 6.54 Å². The molecule has 112 valence electrons. The van der Waals surface area contributed by atoms with E-state index < -0.39 is 5.97 Å². The summed E-state index contributed by atoms with van der Waals surface area (Å²) in [5.74, 6) is 0.121. The molecular formula is C15H22ClNO3. The van der Waals surface area contributed by atoms with Gasteiger partial charge in [-0.3, -0.25) is 4.79 Å². The Hall–Kier alpha value is -1.26. The number of carbonyl (C=O) groups is 1. The molecule has 20 heavy (non-hydrogen) atoms. The highest BCUT2D eigenvalue weighted by Crippen LogP contribution is 2.17. The van der Waals surface area contributed by atoms with Crippen LogP contribution in [-0.2, 0) is 4.79 Å². The van der Waals surface area contributed by atoms with E-state index in [9.17, 15) is 4.79 Å². The molecule has 0 atom stereocenters. The lowest BCUT2D eigenvalue weighted by Crippen LogP contribution is -2.37. The normalized spacial score (nSPS) is 16.4. The number of halogens is 1. The van der Waals surface area contributed by atoms with Crippen LogP contribution in [0.15, 0.2) is 30.3 Å². The molecule has 5 heteroatoms. The number of ether oxygens (including phenoxy) is 1. The lowest BCUT2D eigenvalue weighted by Gasteiger charge is -2.29. The summed E-state index contributed by atoms with van der Waals surface area (Å²) in [6.45, 7) is 3.48. The average Bonchev–Trinajstić information content (AvgIpc) is 2.45. The Kier molecular flexibility index (Phi) is 7.41. The van der Waals surface area contributed by atoms with Crippen molar-refractivity contribution in [2.45, 2.75) is 19.3 Å². The van der Waals surface area contributed by atoms with Gasteiger partial charge in [-0.1, -0.05) is 18.2 Å². The fourth-order valence-corrected chi connectivity index (χ4v) is 2.40. The molecule has 4 nitrogen and oxygen atoms in total. The van der Waals surface area contributed by atoms with Crippen LogP contribution in [0, 0.1) is 5.92 Å². The Morgan fingerprint density at radius 2 is 1.90 bits per heavy atom. The smallest absolute Gasteiger partial charge is 0.306 e. The molecule has 1 N–H and O–H groups in total. The van der Waals surface area contributed by atoms with E-state index in [1.165, 1.54) is 0 Å². The van der Waals surface area contributed by atoms with E-state index in [1.54, 1.807) is 0 Å². The van der Waals surface area contributed by atoms with Gasteiger partial charge in [-0.25, -0.2) is 0 Å². The molecular weight excluding hydrogens is 278 g/mol. The Balaban J connectivity index is 0.00000200. The molecule has 0 bridgehead atoms. The van der Waals surface area contributed by atoms with Gasteiger partial charge in [0.15, 0.2) is 0 Å². The number of para-hydroxylation sites is 1. The molecule has 0 unspecified atom stereocenters. The summed E-state index contributed by atoms with van der Waals surface area (Å²) in [6, 6.07) is 9.81. The first-order valence-corrected chi connectivity index (χ1v) is 6.89. The summed E-state index contributed by atoms with van der Waals surface area (Å²) >= 11 is 0. The summed E-state index contributed by atoms with van der Waals surface area (Å²) in [5.41, 5.74) is 0. The number of benzene rings is 1. The maximum absolute atomic E-state index is 10.8. The Morgan fingerprint density at radius 1 is 1.25 bits per heavy atom. The summed E-state index contributed by atoms with van der Waals surface area (Å²) in [7, 11) is 0. The zero-order chi connectivity index (χ0) is 13.5. The van der Waals surface area contributed by atoms with Crippen LogP contribution in [0.25, 0.3) is 0 Å². The van der Waals surface area contributed by atoms with Crippen LogP contribution in [0.5, 0.6) is 5.75 Å². The van der Waals surface area contributed by atoms with Crippen LogP contribution in [0.1, 0.15) is 19.3 Å². The van der Waals surface area contributed by atoms with E-state index in [0.29, 0.717) is 6.61 Å². The number of aliphatic carboxylic acids is 1. The van der Waals surface area contributed by atoms with Gasteiger partial charge in [-0.05, 0) is 44.5 Å². The minimum absolute atomic E-state index is 0. The van der Waals surface area contributed by atoms with Gasteiger partial charge in [-0.15, -0.1) is 12.4 Å². The van der Waals surface area contributed by atoms with Crippen molar-refractivity contribution < 1.29 is 14.6 Å². The van der Waals surface area contributed by atoms with E-state index in [0.717, 1.165) is 44.6 Å². The first-order valence-electron chi connectivity index (χ1n) is 6.89. The maximum Gasteiger partial charge on any atom is 0.306 e. The average molecular weight is 300 g/mol. The van der Waals surface area contributed by atoms with Crippen molar-refractivity contribution in [3.8, 4) is 5.75 Å². The van der Waals surface area contributed by atoms with Gasteiger partial charge in [0.25, 0.3) is 0 Å². The molecule has 1 aromatic carbocycles. The number of nitrogens with zero attached hydrogens (tertiary/aromatic N) is 1. The van der Waals surface area contributed by atoms with Crippen LogP contribution in [-0.4, -0.2) is 42.2 Å². The highest BCUT2D eigenvalue weighted by Gasteiger charge is 2.23. The number of hydrogen-bond donors (Lipinski definition) is 1. The number of likely N-dealkylation sites (tertiary alicyclic amines) is 1. The van der Waals surface area contributed by atoms with E-state index in [-0.39, 0.29) is 18.3 Å². The van der Waals surface area contributed by atoms with E-state index in [1.807, 2.05) is 30.3 Å². The first kappa shape index (κ1) is 16.8. The second-order valence-electron chi connectivity index (χ2n) is 4.97. The fourth-order valence-electron chi connectivity index (χ4n) is 2.40. The molecule has 0 radical (unpaired) electrons. The van der Waals surface area contributed by atoms with Crippen LogP contribution in [0.4, 0.5) is 0 Å². The fraction of sp³-hybridized carbons (Fsp3) is 0.533. The quantitative estimate of drug-likeness (QED) is 0.821. The predicted molar refractivity (Wildman–Crippen MR) is 80.6 cm³/mol. The predicted octanol–water partition coefficient (Wildman–Crippen LogP) is 2.67. The van der Waals surface area contributed by atoms with Gasteiger partial charge in [0.05, 0.1) is 12.5 Å². The topological polar surface area (TPSA) is 49.8 Å². The molecule has 1 aromatic rings. The maximum atomic E-state index is 10.8. The van der Waals surface area contributed by atoms with Crippen molar-refractivity contribution in [2.75, 3.05) is 26.2 Å². The van der Waals surface area contributed by atoms with E-state index in [2.05, 4.69) is 4.90 Å². The SMILES string of the molecule is Cl.O=C(O)C1CCN(CCCOc2ccccc2)CC1. The van der Waals surface area contributed by atoms with Crippen molar-refractivity contribution in [3.05, 3.63) is 30.3 Å². The minimum Gasteiger partial charge on any atom is -0.494 e. The summed E-state index contributed by atoms with van der Waals surface area (Å²) in [6.07, 6.45) is 2.52. The molecule has 1 aliphatic rings. The van der Waals surface area contributed by atoms with Gasteiger partial charge >= 0.3 is 5.97 Å². The number of hydrogen-bond acceptors (Lipinski definition) is 3. The van der Waals surface area contributed by atoms with Gasteiger partial charge in [-0.2, -0.15) is 0 Å². The Labute approximate surface area is 126 Å². The molecule has 2 rings (SSSR count). The summed E-state index contributed by atoms with van der Waals surface area (Å²) in [4.78, 5) is 13.2. The zero-order valence-electron chi connectivity index (χ0n) is 11.5. The van der Waals surface area contributed by atoms with Crippen molar-refractivity contribution in [1.29, 1.82) is 0 Å². The number of carboxylic acids is 1. The molecule has 0 spiro atoms. The molecule has 1 fully saturated rings. The van der Waals surface area contributed by atoms with Crippen LogP contribution < -0.4 is 4.74 Å².